The number of unbranched alkanes of at least 4 members (excludes halogenated alkanes) is 1. The van der Waals surface area contributed by atoms with Gasteiger partial charge in [0.1, 0.15) is 12.4 Å². The molecule has 2 aromatic rings. The molecule has 2 aromatic carbocycles. The lowest BCUT2D eigenvalue weighted by molar-refractivity contribution is -0.00000583. The molecule has 0 saturated heterocycles. The van der Waals surface area contributed by atoms with Gasteiger partial charge in [-0.3, -0.25) is 0 Å². The van der Waals surface area contributed by atoms with E-state index in [1.54, 1.807) is 0 Å². The highest BCUT2D eigenvalue weighted by molar-refractivity contribution is 9.10. The van der Waals surface area contributed by atoms with Crippen LogP contribution in [0.1, 0.15) is 24.0 Å². The van der Waals surface area contributed by atoms with Crippen LogP contribution in [0, 0.1) is 0 Å². The summed E-state index contributed by atoms with van der Waals surface area (Å²) in [5.41, 5.74) is 2.29. The molecule has 0 aliphatic carbocycles. The Morgan fingerprint density at radius 2 is 1.83 bits per heavy atom. The van der Waals surface area contributed by atoms with Crippen LogP contribution in [-0.2, 0) is 13.2 Å². The van der Waals surface area contributed by atoms with E-state index in [0.29, 0.717) is 6.61 Å². The zero-order chi connectivity index (χ0) is 15.6. The van der Waals surface area contributed by atoms with E-state index in [0.717, 1.165) is 47.3 Å². The quantitative estimate of drug-likeness (QED) is 0.616. The lowest BCUT2D eigenvalue weighted by Gasteiger charge is -2.13. The third-order valence-electron chi connectivity index (χ3n) is 3.34. The molecular weight excluding hydrogens is 378 g/mol. The van der Waals surface area contributed by atoms with E-state index in [1.807, 2.05) is 30.3 Å². The molecule has 0 saturated carbocycles. The van der Waals surface area contributed by atoms with E-state index in [1.165, 1.54) is 0 Å². The average Bonchev–Trinajstić information content (AvgIpc) is 2.55. The Labute approximate surface area is 152 Å². The van der Waals surface area contributed by atoms with Crippen LogP contribution >= 0.6 is 15.9 Å². The zero-order valence-electron chi connectivity index (χ0n) is 13.0. The van der Waals surface area contributed by atoms with Gasteiger partial charge in [0.15, 0.2) is 0 Å². The van der Waals surface area contributed by atoms with E-state index < -0.39 is 0 Å². The summed E-state index contributed by atoms with van der Waals surface area (Å²) in [6.45, 7) is 2.48. The summed E-state index contributed by atoms with van der Waals surface area (Å²) < 4.78 is 7.00. The summed E-state index contributed by atoms with van der Waals surface area (Å²) in [6.07, 6.45) is 1.81. The van der Waals surface area contributed by atoms with Gasteiger partial charge in [-0.1, -0.05) is 46.3 Å². The van der Waals surface area contributed by atoms with Crippen LogP contribution in [-0.4, -0.2) is 18.3 Å². The minimum absolute atomic E-state index is 0. The first-order chi connectivity index (χ1) is 10.8. The van der Waals surface area contributed by atoms with Crippen molar-refractivity contribution in [2.45, 2.75) is 26.0 Å². The van der Waals surface area contributed by atoms with Crippen LogP contribution in [0.15, 0.2) is 53.0 Å². The third kappa shape index (κ3) is 7.36. The monoisotopic (exact) mass is 398 g/mol. The van der Waals surface area contributed by atoms with Crippen molar-refractivity contribution in [2.75, 3.05) is 13.2 Å². The number of hydrogen-bond acceptors (Lipinski definition) is 3. The van der Waals surface area contributed by atoms with Crippen LogP contribution in [0.4, 0.5) is 0 Å². The fourth-order valence-electron chi connectivity index (χ4n) is 2.15. The lowest BCUT2D eigenvalue weighted by Crippen LogP contribution is -3.00. The number of aliphatic hydroxyl groups is 1. The lowest BCUT2D eigenvalue weighted by atomic mass is 10.2. The molecule has 0 heterocycles. The summed E-state index contributed by atoms with van der Waals surface area (Å²) in [5, 5.41) is 12.2. The summed E-state index contributed by atoms with van der Waals surface area (Å²) >= 11 is 3.51. The zero-order valence-corrected chi connectivity index (χ0v) is 15.3. The molecule has 0 atom stereocenters. The van der Waals surface area contributed by atoms with E-state index in [9.17, 15) is 0 Å². The molecule has 5 heteroatoms. The second-order valence-electron chi connectivity index (χ2n) is 5.13. The largest absolute Gasteiger partial charge is 1.00 e. The number of aliphatic hydroxyl groups excluding tert-OH is 1. The van der Waals surface area contributed by atoms with Gasteiger partial charge in [0.2, 0.25) is 0 Å². The molecule has 0 aliphatic heterocycles. The van der Waals surface area contributed by atoms with Crippen molar-refractivity contribution in [1.82, 2.24) is 5.32 Å². The Kier molecular flexibility index (Phi) is 9.96. The number of rotatable bonds is 9. The van der Waals surface area contributed by atoms with Crippen molar-refractivity contribution in [3.63, 3.8) is 0 Å². The Morgan fingerprint density at radius 1 is 1.04 bits per heavy atom. The first-order valence-corrected chi connectivity index (χ1v) is 8.35. The normalized spacial score (nSPS) is 10.2. The number of benzene rings is 2. The minimum atomic E-state index is 0. The fourth-order valence-corrected chi connectivity index (χ4v) is 2.56. The highest BCUT2D eigenvalue weighted by Crippen LogP contribution is 2.24. The second-order valence-corrected chi connectivity index (χ2v) is 6.05. The van der Waals surface area contributed by atoms with Gasteiger partial charge in [0, 0.05) is 23.2 Å². The molecule has 0 radical (unpaired) electrons. The van der Waals surface area contributed by atoms with Crippen LogP contribution in [0.2, 0.25) is 0 Å². The minimum Gasteiger partial charge on any atom is -1.00 e. The van der Waals surface area contributed by atoms with Gasteiger partial charge in [0.05, 0.1) is 0 Å². The summed E-state index contributed by atoms with van der Waals surface area (Å²) in [6, 6.07) is 16.2. The van der Waals surface area contributed by atoms with Crippen LogP contribution in [0.25, 0.3) is 0 Å². The van der Waals surface area contributed by atoms with Crippen LogP contribution in [0.5, 0.6) is 5.75 Å². The van der Waals surface area contributed by atoms with E-state index in [4.69, 9.17) is 9.84 Å². The summed E-state index contributed by atoms with van der Waals surface area (Å²) in [5.74, 6) is 0.904. The molecule has 0 bridgehead atoms. The Hall–Kier alpha value is -1.07. The molecule has 0 unspecified atom stereocenters. The standard InChI is InChI=1S/C18H22BrNO2.ClH/c19-17-8-9-18(22-14-15-6-2-1-3-7-15)16(12-17)13-20-10-4-5-11-21;/h1-3,6-9,12,20-21H,4-5,10-11,13-14H2;1H/p-1. The molecule has 0 spiro atoms. The predicted molar refractivity (Wildman–Crippen MR) is 92.9 cm³/mol. The molecule has 23 heavy (non-hydrogen) atoms. The number of halogens is 2. The fraction of sp³-hybridized carbons (Fsp3) is 0.333. The maximum Gasteiger partial charge on any atom is 0.124 e. The highest BCUT2D eigenvalue weighted by atomic mass is 79.9. The van der Waals surface area contributed by atoms with Crippen LogP contribution < -0.4 is 22.5 Å². The molecule has 2 rings (SSSR count). The van der Waals surface area contributed by atoms with Crippen molar-refractivity contribution in [1.29, 1.82) is 0 Å². The Morgan fingerprint density at radius 3 is 2.57 bits per heavy atom. The third-order valence-corrected chi connectivity index (χ3v) is 3.83. The molecule has 3 nitrogen and oxygen atoms in total. The molecule has 0 aliphatic rings. The van der Waals surface area contributed by atoms with Crippen molar-refractivity contribution >= 4 is 15.9 Å². The number of ether oxygens (including phenoxy) is 1. The summed E-state index contributed by atoms with van der Waals surface area (Å²) in [7, 11) is 0. The topological polar surface area (TPSA) is 41.5 Å². The van der Waals surface area contributed by atoms with Crippen molar-refractivity contribution in [3.05, 3.63) is 64.1 Å². The first-order valence-electron chi connectivity index (χ1n) is 7.56. The van der Waals surface area contributed by atoms with E-state index in [-0.39, 0.29) is 19.0 Å². The van der Waals surface area contributed by atoms with Crippen molar-refractivity contribution in [2.24, 2.45) is 0 Å². The number of nitrogens with one attached hydrogen (secondary N) is 1. The van der Waals surface area contributed by atoms with Gasteiger partial charge < -0.3 is 27.6 Å². The summed E-state index contributed by atoms with van der Waals surface area (Å²) in [4.78, 5) is 0. The second kappa shape index (κ2) is 11.5. The smallest absolute Gasteiger partial charge is 0.124 e. The molecule has 0 amide bonds. The highest BCUT2D eigenvalue weighted by Gasteiger charge is 2.05. The number of hydrogen-bond donors (Lipinski definition) is 2. The van der Waals surface area contributed by atoms with E-state index >= 15 is 0 Å². The molecule has 0 fully saturated rings. The van der Waals surface area contributed by atoms with Gasteiger partial charge in [-0.15, -0.1) is 0 Å². The predicted octanol–water partition coefficient (Wildman–Crippen LogP) is 0.894. The van der Waals surface area contributed by atoms with Gasteiger partial charge in [0.25, 0.3) is 0 Å². The maximum atomic E-state index is 8.79. The van der Waals surface area contributed by atoms with Gasteiger partial charge >= 0.3 is 0 Å². The molecule has 2 N–H and O–H groups in total. The molecular formula is C18H22BrClNO2-. The molecule has 0 aromatic heterocycles. The van der Waals surface area contributed by atoms with Crippen LogP contribution in [0.3, 0.4) is 0 Å². The average molecular weight is 400 g/mol. The molecule has 126 valence electrons. The SMILES string of the molecule is OCCCCNCc1cc(Br)ccc1OCc1ccccc1.[Cl-]. The van der Waals surface area contributed by atoms with Crippen molar-refractivity contribution in [3.8, 4) is 5.75 Å². The van der Waals surface area contributed by atoms with E-state index in [2.05, 4.69) is 39.4 Å². The van der Waals surface area contributed by atoms with Gasteiger partial charge in [-0.25, -0.2) is 0 Å². The van der Waals surface area contributed by atoms with Gasteiger partial charge in [-0.2, -0.15) is 0 Å². The van der Waals surface area contributed by atoms with Gasteiger partial charge in [-0.05, 0) is 43.1 Å². The Balaban J connectivity index is 0.00000264. The maximum absolute atomic E-state index is 8.79. The Bertz CT molecular complexity index is 566. The first kappa shape index (κ1) is 20.0. The van der Waals surface area contributed by atoms with Crippen molar-refractivity contribution < 1.29 is 22.3 Å².